The fraction of sp³-hybridized carbons (Fsp3) is 0.231. The molecule has 0 aliphatic rings. The number of fused-ring (bicyclic) bond motifs is 1. The van der Waals surface area contributed by atoms with Crippen LogP contribution in [0.15, 0.2) is 24.5 Å². The third-order valence-electron chi connectivity index (χ3n) is 3.23. The number of imidazole rings is 1. The van der Waals surface area contributed by atoms with E-state index in [1.165, 1.54) is 0 Å². The molecular weight excluding hydrogens is 226 g/mol. The van der Waals surface area contributed by atoms with Crippen molar-refractivity contribution < 1.29 is 0 Å². The Kier molecular flexibility index (Phi) is 2.41. The van der Waals surface area contributed by atoms with Gasteiger partial charge in [0, 0.05) is 24.8 Å². The number of aromatic amines is 1. The SMILES string of the molecule is Cc1[nH]nc(CN)c1-c1ccc2c(c1)ncn2C. The molecule has 1 aromatic carbocycles. The highest BCUT2D eigenvalue weighted by Gasteiger charge is 2.12. The summed E-state index contributed by atoms with van der Waals surface area (Å²) in [4.78, 5) is 4.38. The zero-order chi connectivity index (χ0) is 12.7. The van der Waals surface area contributed by atoms with E-state index in [9.17, 15) is 0 Å². The highest BCUT2D eigenvalue weighted by molar-refractivity contribution is 5.83. The van der Waals surface area contributed by atoms with Gasteiger partial charge >= 0.3 is 0 Å². The first-order valence-corrected chi connectivity index (χ1v) is 5.86. The van der Waals surface area contributed by atoms with Crippen LogP contribution in [-0.2, 0) is 13.6 Å². The van der Waals surface area contributed by atoms with E-state index in [4.69, 9.17) is 5.73 Å². The number of benzene rings is 1. The Morgan fingerprint density at radius 2 is 2.22 bits per heavy atom. The molecule has 0 fully saturated rings. The quantitative estimate of drug-likeness (QED) is 0.717. The van der Waals surface area contributed by atoms with Gasteiger partial charge in [-0.25, -0.2) is 4.98 Å². The molecule has 0 bridgehead atoms. The van der Waals surface area contributed by atoms with Crippen LogP contribution in [0.1, 0.15) is 11.4 Å². The summed E-state index contributed by atoms with van der Waals surface area (Å²) in [6.45, 7) is 2.43. The van der Waals surface area contributed by atoms with E-state index in [2.05, 4.69) is 33.4 Å². The van der Waals surface area contributed by atoms with Crippen LogP contribution < -0.4 is 5.73 Å². The number of rotatable bonds is 2. The molecule has 2 aromatic heterocycles. The Morgan fingerprint density at radius 1 is 1.39 bits per heavy atom. The second kappa shape index (κ2) is 3.96. The van der Waals surface area contributed by atoms with Gasteiger partial charge < -0.3 is 10.3 Å². The number of H-pyrrole nitrogens is 1. The van der Waals surface area contributed by atoms with Gasteiger partial charge in [0.15, 0.2) is 0 Å². The van der Waals surface area contributed by atoms with E-state index in [-0.39, 0.29) is 0 Å². The summed E-state index contributed by atoms with van der Waals surface area (Å²) < 4.78 is 2.01. The summed E-state index contributed by atoms with van der Waals surface area (Å²) in [6.07, 6.45) is 1.82. The molecule has 2 heterocycles. The van der Waals surface area contributed by atoms with Crippen molar-refractivity contribution in [3.8, 4) is 11.1 Å². The predicted octanol–water partition coefficient (Wildman–Crippen LogP) is 1.73. The van der Waals surface area contributed by atoms with Crippen molar-refractivity contribution in [2.45, 2.75) is 13.5 Å². The van der Waals surface area contributed by atoms with Crippen molar-refractivity contribution in [2.24, 2.45) is 12.8 Å². The van der Waals surface area contributed by atoms with Crippen LogP contribution in [0, 0.1) is 6.92 Å². The van der Waals surface area contributed by atoms with Crippen LogP contribution in [0.5, 0.6) is 0 Å². The maximum atomic E-state index is 5.72. The smallest absolute Gasteiger partial charge is 0.0955 e. The van der Waals surface area contributed by atoms with E-state index in [0.717, 1.165) is 33.5 Å². The Morgan fingerprint density at radius 3 is 3.00 bits per heavy atom. The summed E-state index contributed by atoms with van der Waals surface area (Å²) in [5.74, 6) is 0. The van der Waals surface area contributed by atoms with E-state index < -0.39 is 0 Å². The van der Waals surface area contributed by atoms with Crippen molar-refractivity contribution in [3.63, 3.8) is 0 Å². The van der Waals surface area contributed by atoms with Crippen molar-refractivity contribution in [2.75, 3.05) is 0 Å². The monoisotopic (exact) mass is 241 g/mol. The van der Waals surface area contributed by atoms with E-state index >= 15 is 0 Å². The molecule has 0 saturated heterocycles. The highest BCUT2D eigenvalue weighted by atomic mass is 15.1. The molecule has 0 aliphatic carbocycles. The number of hydrogen-bond donors (Lipinski definition) is 2. The molecule has 3 aromatic rings. The fourth-order valence-electron chi connectivity index (χ4n) is 2.30. The zero-order valence-corrected chi connectivity index (χ0v) is 10.4. The lowest BCUT2D eigenvalue weighted by molar-refractivity contribution is 0.940. The summed E-state index contributed by atoms with van der Waals surface area (Å²) in [6, 6.07) is 6.23. The molecular formula is C13H15N5. The summed E-state index contributed by atoms with van der Waals surface area (Å²) in [7, 11) is 1.99. The molecule has 3 rings (SSSR count). The number of aromatic nitrogens is 4. The predicted molar refractivity (Wildman–Crippen MR) is 70.9 cm³/mol. The fourth-order valence-corrected chi connectivity index (χ4v) is 2.30. The van der Waals surface area contributed by atoms with Gasteiger partial charge in [0.2, 0.25) is 0 Å². The van der Waals surface area contributed by atoms with Crippen LogP contribution in [-0.4, -0.2) is 19.7 Å². The molecule has 0 spiro atoms. The lowest BCUT2D eigenvalue weighted by Crippen LogP contribution is -1.98. The Labute approximate surface area is 105 Å². The molecule has 0 aliphatic heterocycles. The minimum atomic E-state index is 0.430. The average molecular weight is 241 g/mol. The van der Waals surface area contributed by atoms with Crippen LogP contribution in [0.25, 0.3) is 22.2 Å². The Bertz CT molecular complexity index is 707. The summed E-state index contributed by atoms with van der Waals surface area (Å²) in [5.41, 5.74) is 11.9. The number of nitrogens with one attached hydrogen (secondary N) is 1. The van der Waals surface area contributed by atoms with Gasteiger partial charge in [0.1, 0.15) is 0 Å². The minimum Gasteiger partial charge on any atom is -0.334 e. The van der Waals surface area contributed by atoms with Gasteiger partial charge in [-0.1, -0.05) is 6.07 Å². The minimum absolute atomic E-state index is 0.430. The second-order valence-electron chi connectivity index (χ2n) is 4.43. The lowest BCUT2D eigenvalue weighted by atomic mass is 10.0. The largest absolute Gasteiger partial charge is 0.334 e. The van der Waals surface area contributed by atoms with Gasteiger partial charge in [0.25, 0.3) is 0 Å². The third kappa shape index (κ3) is 1.52. The average Bonchev–Trinajstić information content (AvgIpc) is 2.93. The number of nitrogens with zero attached hydrogens (tertiary/aromatic N) is 3. The maximum Gasteiger partial charge on any atom is 0.0955 e. The Balaban J connectivity index is 2.22. The van der Waals surface area contributed by atoms with Crippen LogP contribution in [0.2, 0.25) is 0 Å². The molecule has 3 N–H and O–H groups in total. The first-order valence-electron chi connectivity index (χ1n) is 5.86. The van der Waals surface area contributed by atoms with Crippen molar-refractivity contribution >= 4 is 11.0 Å². The lowest BCUT2D eigenvalue weighted by Gasteiger charge is -2.03. The second-order valence-corrected chi connectivity index (χ2v) is 4.43. The van der Waals surface area contributed by atoms with Crippen LogP contribution in [0.3, 0.4) is 0 Å². The zero-order valence-electron chi connectivity index (χ0n) is 10.4. The maximum absolute atomic E-state index is 5.72. The number of hydrogen-bond acceptors (Lipinski definition) is 3. The molecule has 5 heteroatoms. The van der Waals surface area contributed by atoms with Crippen molar-refractivity contribution in [1.29, 1.82) is 0 Å². The van der Waals surface area contributed by atoms with E-state index in [1.807, 2.05) is 24.9 Å². The molecule has 18 heavy (non-hydrogen) atoms. The normalized spacial score (nSPS) is 11.3. The van der Waals surface area contributed by atoms with Gasteiger partial charge in [-0.05, 0) is 24.6 Å². The molecule has 0 amide bonds. The van der Waals surface area contributed by atoms with Gasteiger partial charge in [-0.3, -0.25) is 5.10 Å². The number of nitrogens with two attached hydrogens (primary N) is 1. The third-order valence-corrected chi connectivity index (χ3v) is 3.23. The topological polar surface area (TPSA) is 72.5 Å². The Hall–Kier alpha value is -2.14. The molecule has 5 nitrogen and oxygen atoms in total. The van der Waals surface area contributed by atoms with Crippen LogP contribution in [0.4, 0.5) is 0 Å². The van der Waals surface area contributed by atoms with Gasteiger partial charge in [0.05, 0.1) is 23.1 Å². The first kappa shape index (κ1) is 11.0. The van der Waals surface area contributed by atoms with Gasteiger partial charge in [-0.15, -0.1) is 0 Å². The highest BCUT2D eigenvalue weighted by Crippen LogP contribution is 2.28. The van der Waals surface area contributed by atoms with Crippen molar-refractivity contribution in [1.82, 2.24) is 19.7 Å². The first-order chi connectivity index (χ1) is 8.70. The standard InChI is InChI=1S/C13H15N5/c1-8-13(11(6-14)17-16-8)9-3-4-12-10(5-9)15-7-18(12)2/h3-5,7H,6,14H2,1-2H3,(H,16,17). The van der Waals surface area contributed by atoms with E-state index in [1.54, 1.807) is 0 Å². The molecule has 0 unspecified atom stereocenters. The van der Waals surface area contributed by atoms with Crippen LogP contribution >= 0.6 is 0 Å². The van der Waals surface area contributed by atoms with E-state index in [0.29, 0.717) is 6.54 Å². The summed E-state index contributed by atoms with van der Waals surface area (Å²) >= 11 is 0. The molecule has 0 atom stereocenters. The van der Waals surface area contributed by atoms with Gasteiger partial charge in [-0.2, -0.15) is 5.10 Å². The summed E-state index contributed by atoms with van der Waals surface area (Å²) in [5, 5.41) is 7.20. The molecule has 0 saturated carbocycles. The molecule has 92 valence electrons. The number of aryl methyl sites for hydroxylation is 2. The molecule has 0 radical (unpaired) electrons. The van der Waals surface area contributed by atoms with Crippen molar-refractivity contribution in [3.05, 3.63) is 35.9 Å².